The highest BCUT2D eigenvalue weighted by Crippen LogP contribution is 2.28. The lowest BCUT2D eigenvalue weighted by Gasteiger charge is -2.24. The SMILES string of the molecule is CNC(CCC1CCCCC1)Cc1ccc([N+](=O)[O-])cc1. The molecule has 1 aromatic rings. The van der Waals surface area contributed by atoms with Gasteiger partial charge in [0.05, 0.1) is 4.92 Å². The van der Waals surface area contributed by atoms with Crippen molar-refractivity contribution in [2.75, 3.05) is 7.05 Å². The Kier molecular flexibility index (Phi) is 6.18. The molecule has 1 unspecified atom stereocenters. The van der Waals surface area contributed by atoms with E-state index in [2.05, 4.69) is 5.32 Å². The van der Waals surface area contributed by atoms with Crippen LogP contribution in [-0.4, -0.2) is 18.0 Å². The molecule has 1 aliphatic carbocycles. The molecular formula is C17H26N2O2. The van der Waals surface area contributed by atoms with Crippen LogP contribution in [0, 0.1) is 16.0 Å². The summed E-state index contributed by atoms with van der Waals surface area (Å²) in [6.45, 7) is 0. The summed E-state index contributed by atoms with van der Waals surface area (Å²) in [5.41, 5.74) is 1.34. The molecule has 0 radical (unpaired) electrons. The van der Waals surface area contributed by atoms with E-state index in [1.165, 1.54) is 50.5 Å². The molecule has 1 saturated carbocycles. The summed E-state index contributed by atoms with van der Waals surface area (Å²) in [6, 6.07) is 7.42. The number of nitrogens with one attached hydrogen (secondary N) is 1. The smallest absolute Gasteiger partial charge is 0.269 e. The van der Waals surface area contributed by atoms with Crippen molar-refractivity contribution in [1.82, 2.24) is 5.32 Å². The predicted molar refractivity (Wildman–Crippen MR) is 85.5 cm³/mol. The van der Waals surface area contributed by atoms with Crippen molar-refractivity contribution in [3.8, 4) is 0 Å². The number of likely N-dealkylation sites (N-methyl/N-ethyl adjacent to an activating group) is 1. The second-order valence-electron chi connectivity index (χ2n) is 6.19. The Balaban J connectivity index is 1.81. The standard InChI is InChI=1S/C17H26N2O2/c1-18-16(10-7-14-5-3-2-4-6-14)13-15-8-11-17(12-9-15)19(20)21/h8-9,11-12,14,16,18H,2-7,10,13H2,1H3. The molecule has 0 heterocycles. The zero-order valence-corrected chi connectivity index (χ0v) is 12.9. The molecule has 0 aliphatic heterocycles. The van der Waals surface area contributed by atoms with Crippen molar-refractivity contribution < 1.29 is 4.92 Å². The summed E-state index contributed by atoms with van der Waals surface area (Å²) in [5, 5.41) is 14.1. The van der Waals surface area contributed by atoms with Crippen LogP contribution >= 0.6 is 0 Å². The normalized spacial score (nSPS) is 17.6. The van der Waals surface area contributed by atoms with Crippen LogP contribution in [0.1, 0.15) is 50.5 Å². The Labute approximate surface area is 127 Å². The zero-order valence-electron chi connectivity index (χ0n) is 12.9. The largest absolute Gasteiger partial charge is 0.317 e. The number of nitrogens with zero attached hydrogens (tertiary/aromatic N) is 1. The van der Waals surface area contributed by atoms with Gasteiger partial charge in [0.25, 0.3) is 5.69 Å². The molecule has 4 nitrogen and oxygen atoms in total. The molecule has 0 aromatic heterocycles. The first-order valence-corrected chi connectivity index (χ1v) is 8.09. The second kappa shape index (κ2) is 8.13. The summed E-state index contributed by atoms with van der Waals surface area (Å²) >= 11 is 0. The van der Waals surface area contributed by atoms with E-state index in [9.17, 15) is 10.1 Å². The Morgan fingerprint density at radius 3 is 2.48 bits per heavy atom. The van der Waals surface area contributed by atoms with Gasteiger partial charge in [-0.2, -0.15) is 0 Å². The Morgan fingerprint density at radius 1 is 1.24 bits per heavy atom. The summed E-state index contributed by atoms with van der Waals surface area (Å²) in [7, 11) is 2.01. The van der Waals surface area contributed by atoms with E-state index in [0.717, 1.165) is 12.3 Å². The van der Waals surface area contributed by atoms with Crippen molar-refractivity contribution in [3.05, 3.63) is 39.9 Å². The zero-order chi connectivity index (χ0) is 15.1. The second-order valence-corrected chi connectivity index (χ2v) is 6.19. The minimum atomic E-state index is -0.345. The summed E-state index contributed by atoms with van der Waals surface area (Å²) in [6.07, 6.45) is 10.4. The molecule has 0 spiro atoms. The minimum absolute atomic E-state index is 0.168. The molecule has 1 aliphatic rings. The summed E-state index contributed by atoms with van der Waals surface area (Å²) < 4.78 is 0. The van der Waals surface area contributed by atoms with Gasteiger partial charge in [-0.05, 0) is 37.8 Å². The molecule has 2 rings (SSSR count). The van der Waals surface area contributed by atoms with Gasteiger partial charge in [0.1, 0.15) is 0 Å². The van der Waals surface area contributed by atoms with Gasteiger partial charge in [-0.1, -0.05) is 44.2 Å². The van der Waals surface area contributed by atoms with E-state index in [4.69, 9.17) is 0 Å². The highest BCUT2D eigenvalue weighted by molar-refractivity contribution is 5.33. The maximum atomic E-state index is 10.7. The van der Waals surface area contributed by atoms with Gasteiger partial charge in [-0.25, -0.2) is 0 Å². The number of benzene rings is 1. The molecule has 1 N–H and O–H groups in total. The van der Waals surface area contributed by atoms with E-state index in [0.29, 0.717) is 6.04 Å². The van der Waals surface area contributed by atoms with Gasteiger partial charge in [0.15, 0.2) is 0 Å². The van der Waals surface area contributed by atoms with Crippen LogP contribution in [0.25, 0.3) is 0 Å². The van der Waals surface area contributed by atoms with Crippen molar-refractivity contribution >= 4 is 5.69 Å². The Hall–Kier alpha value is -1.42. The maximum Gasteiger partial charge on any atom is 0.269 e. The number of hydrogen-bond donors (Lipinski definition) is 1. The van der Waals surface area contributed by atoms with Crippen LogP contribution in [0.15, 0.2) is 24.3 Å². The molecule has 116 valence electrons. The number of hydrogen-bond acceptors (Lipinski definition) is 3. The lowest BCUT2D eigenvalue weighted by molar-refractivity contribution is -0.384. The fourth-order valence-corrected chi connectivity index (χ4v) is 3.30. The summed E-state index contributed by atoms with van der Waals surface area (Å²) in [4.78, 5) is 10.3. The van der Waals surface area contributed by atoms with Crippen LogP contribution in [0.2, 0.25) is 0 Å². The first-order chi connectivity index (χ1) is 10.2. The van der Waals surface area contributed by atoms with Gasteiger partial charge in [0, 0.05) is 18.2 Å². The van der Waals surface area contributed by atoms with E-state index >= 15 is 0 Å². The van der Waals surface area contributed by atoms with E-state index < -0.39 is 0 Å². The molecule has 1 aromatic carbocycles. The third kappa shape index (κ3) is 5.12. The molecule has 0 amide bonds. The van der Waals surface area contributed by atoms with E-state index in [1.54, 1.807) is 12.1 Å². The van der Waals surface area contributed by atoms with Gasteiger partial charge in [0.2, 0.25) is 0 Å². The number of non-ortho nitro benzene ring substituents is 1. The predicted octanol–water partition coefficient (Wildman–Crippen LogP) is 4.09. The fraction of sp³-hybridized carbons (Fsp3) is 0.647. The number of nitro benzene ring substituents is 1. The molecular weight excluding hydrogens is 264 g/mol. The average Bonchev–Trinajstić information content (AvgIpc) is 2.53. The topological polar surface area (TPSA) is 55.2 Å². The Morgan fingerprint density at radius 2 is 1.90 bits per heavy atom. The van der Waals surface area contributed by atoms with Gasteiger partial charge in [-0.3, -0.25) is 10.1 Å². The minimum Gasteiger partial charge on any atom is -0.317 e. The molecule has 0 bridgehead atoms. The first-order valence-electron chi connectivity index (χ1n) is 8.09. The van der Waals surface area contributed by atoms with Crippen LogP contribution in [0.5, 0.6) is 0 Å². The Bertz CT molecular complexity index is 439. The fourth-order valence-electron chi connectivity index (χ4n) is 3.30. The monoisotopic (exact) mass is 290 g/mol. The van der Waals surface area contributed by atoms with Crippen molar-refractivity contribution in [3.63, 3.8) is 0 Å². The molecule has 4 heteroatoms. The van der Waals surface area contributed by atoms with Crippen molar-refractivity contribution in [2.45, 2.75) is 57.4 Å². The molecule has 1 fully saturated rings. The first kappa shape index (κ1) is 16.0. The third-order valence-corrected chi connectivity index (χ3v) is 4.69. The quantitative estimate of drug-likeness (QED) is 0.608. The summed E-state index contributed by atoms with van der Waals surface area (Å²) in [5.74, 6) is 0.909. The maximum absolute atomic E-state index is 10.7. The number of nitro groups is 1. The van der Waals surface area contributed by atoms with E-state index in [1.807, 2.05) is 19.2 Å². The van der Waals surface area contributed by atoms with Crippen molar-refractivity contribution in [2.24, 2.45) is 5.92 Å². The average molecular weight is 290 g/mol. The third-order valence-electron chi connectivity index (χ3n) is 4.69. The molecule has 0 saturated heterocycles. The van der Waals surface area contributed by atoms with Crippen LogP contribution in [-0.2, 0) is 6.42 Å². The van der Waals surface area contributed by atoms with Crippen LogP contribution < -0.4 is 5.32 Å². The number of rotatable bonds is 7. The van der Waals surface area contributed by atoms with Gasteiger partial charge < -0.3 is 5.32 Å². The highest BCUT2D eigenvalue weighted by Gasteiger charge is 2.16. The molecule has 21 heavy (non-hydrogen) atoms. The van der Waals surface area contributed by atoms with Crippen LogP contribution in [0.4, 0.5) is 5.69 Å². The highest BCUT2D eigenvalue weighted by atomic mass is 16.6. The van der Waals surface area contributed by atoms with Crippen molar-refractivity contribution in [1.29, 1.82) is 0 Å². The lowest BCUT2D eigenvalue weighted by atomic mass is 9.84. The van der Waals surface area contributed by atoms with Gasteiger partial charge in [-0.15, -0.1) is 0 Å². The van der Waals surface area contributed by atoms with E-state index in [-0.39, 0.29) is 10.6 Å². The lowest BCUT2D eigenvalue weighted by Crippen LogP contribution is -2.28. The van der Waals surface area contributed by atoms with Crippen LogP contribution in [0.3, 0.4) is 0 Å². The molecule has 1 atom stereocenters. The van der Waals surface area contributed by atoms with Gasteiger partial charge >= 0.3 is 0 Å².